The van der Waals surface area contributed by atoms with E-state index < -0.39 is 12.0 Å². The number of rotatable bonds is 6. The van der Waals surface area contributed by atoms with Crippen LogP contribution in [0.5, 0.6) is 0 Å². The summed E-state index contributed by atoms with van der Waals surface area (Å²) in [7, 11) is 1.60. The van der Waals surface area contributed by atoms with Crippen LogP contribution in [0.3, 0.4) is 0 Å². The van der Waals surface area contributed by atoms with Crippen molar-refractivity contribution in [3.8, 4) is 0 Å². The molecular weight excluding hydrogens is 278 g/mol. The molecule has 0 unspecified atom stereocenters. The molecule has 0 aliphatic heterocycles. The van der Waals surface area contributed by atoms with Gasteiger partial charge in [-0.3, -0.25) is 4.68 Å². The highest BCUT2D eigenvalue weighted by Crippen LogP contribution is 2.20. The van der Waals surface area contributed by atoms with Gasteiger partial charge < -0.3 is 4.74 Å². The van der Waals surface area contributed by atoms with Crippen LogP contribution in [-0.2, 0) is 11.8 Å². The Morgan fingerprint density at radius 2 is 2.16 bits per heavy atom. The lowest BCUT2D eigenvalue weighted by molar-refractivity contribution is 0.0486. The first-order valence-corrected chi connectivity index (χ1v) is 6.18. The van der Waals surface area contributed by atoms with Gasteiger partial charge in [0.05, 0.1) is 17.3 Å². The molecule has 19 heavy (non-hydrogen) atoms. The number of carbonyl (C=O) groups excluding carboxylic acids is 1. The quantitative estimate of drug-likeness (QED) is 0.595. The van der Waals surface area contributed by atoms with Crippen molar-refractivity contribution in [1.82, 2.24) is 9.78 Å². The number of allylic oxidation sites excluding steroid dienone is 1. The Hall–Kier alpha value is -1.43. The standard InChI is InChI=1S/C12H15ClF2N2O2/c1-8-10(13)11(17(2)16-8)12(18)19-7-5-3-4-6-9(14)15/h6H,3-5,7H2,1-2H3. The molecule has 1 rings (SSSR count). The zero-order chi connectivity index (χ0) is 14.4. The van der Waals surface area contributed by atoms with Crippen LogP contribution in [0.25, 0.3) is 0 Å². The lowest BCUT2D eigenvalue weighted by Crippen LogP contribution is -2.12. The van der Waals surface area contributed by atoms with Gasteiger partial charge in [-0.1, -0.05) is 11.6 Å². The minimum absolute atomic E-state index is 0.168. The molecule has 0 N–H and O–H groups in total. The number of esters is 1. The average molecular weight is 293 g/mol. The Kier molecular flexibility index (Phi) is 5.95. The van der Waals surface area contributed by atoms with Gasteiger partial charge in [-0.2, -0.15) is 13.9 Å². The molecule has 0 fully saturated rings. The monoisotopic (exact) mass is 292 g/mol. The number of halogens is 3. The third kappa shape index (κ3) is 4.63. The highest BCUT2D eigenvalue weighted by atomic mass is 35.5. The third-order valence-corrected chi connectivity index (χ3v) is 2.93. The predicted octanol–water partition coefficient (Wildman–Crippen LogP) is 3.49. The molecule has 0 radical (unpaired) electrons. The maximum atomic E-state index is 11.7. The van der Waals surface area contributed by atoms with Gasteiger partial charge in [0, 0.05) is 7.05 Å². The molecule has 0 amide bonds. The van der Waals surface area contributed by atoms with E-state index in [1.165, 1.54) is 4.68 Å². The van der Waals surface area contributed by atoms with E-state index in [0.29, 0.717) is 18.5 Å². The largest absolute Gasteiger partial charge is 0.461 e. The number of carbonyl (C=O) groups is 1. The molecule has 0 spiro atoms. The number of ether oxygens (including phenoxy) is 1. The molecule has 0 aliphatic carbocycles. The van der Waals surface area contributed by atoms with Gasteiger partial charge in [-0.15, -0.1) is 0 Å². The Balaban J connectivity index is 2.38. The van der Waals surface area contributed by atoms with Gasteiger partial charge in [-0.05, 0) is 32.3 Å². The second-order valence-electron chi connectivity index (χ2n) is 4.00. The topological polar surface area (TPSA) is 44.1 Å². The summed E-state index contributed by atoms with van der Waals surface area (Å²) in [5.41, 5.74) is 0.758. The van der Waals surface area contributed by atoms with Crippen molar-refractivity contribution in [2.24, 2.45) is 7.05 Å². The fourth-order valence-electron chi connectivity index (χ4n) is 1.54. The Labute approximate surface area is 115 Å². The lowest BCUT2D eigenvalue weighted by Gasteiger charge is -2.04. The minimum Gasteiger partial charge on any atom is -0.461 e. The van der Waals surface area contributed by atoms with E-state index >= 15 is 0 Å². The summed E-state index contributed by atoms with van der Waals surface area (Å²) >= 11 is 5.93. The highest BCUT2D eigenvalue weighted by molar-refractivity contribution is 6.33. The summed E-state index contributed by atoms with van der Waals surface area (Å²) in [5, 5.41) is 4.27. The van der Waals surface area contributed by atoms with Crippen molar-refractivity contribution < 1.29 is 18.3 Å². The first-order chi connectivity index (χ1) is 8.93. The van der Waals surface area contributed by atoms with Crippen LogP contribution in [0.15, 0.2) is 12.2 Å². The van der Waals surface area contributed by atoms with Gasteiger partial charge >= 0.3 is 5.97 Å². The van der Waals surface area contributed by atoms with Gasteiger partial charge in [0.25, 0.3) is 6.08 Å². The molecule has 1 aromatic heterocycles. The molecule has 4 nitrogen and oxygen atoms in total. The molecule has 0 saturated carbocycles. The maximum absolute atomic E-state index is 11.7. The van der Waals surface area contributed by atoms with Crippen LogP contribution >= 0.6 is 11.6 Å². The van der Waals surface area contributed by atoms with E-state index in [9.17, 15) is 13.6 Å². The number of nitrogens with zero attached hydrogens (tertiary/aromatic N) is 2. The molecule has 0 atom stereocenters. The number of aromatic nitrogens is 2. The zero-order valence-corrected chi connectivity index (χ0v) is 11.5. The summed E-state index contributed by atoms with van der Waals surface area (Å²) in [6.07, 6.45) is 0.482. The summed E-state index contributed by atoms with van der Waals surface area (Å²) < 4.78 is 29.9. The highest BCUT2D eigenvalue weighted by Gasteiger charge is 2.19. The van der Waals surface area contributed by atoms with E-state index in [2.05, 4.69) is 5.10 Å². The van der Waals surface area contributed by atoms with Crippen molar-refractivity contribution in [3.05, 3.63) is 28.6 Å². The SMILES string of the molecule is Cc1nn(C)c(C(=O)OCCCCC=C(F)F)c1Cl. The Morgan fingerprint density at radius 3 is 2.68 bits per heavy atom. The third-order valence-electron chi connectivity index (χ3n) is 2.47. The fraction of sp³-hybridized carbons (Fsp3) is 0.500. The molecule has 1 aromatic rings. The van der Waals surface area contributed by atoms with E-state index in [1.807, 2.05) is 0 Å². The lowest BCUT2D eigenvalue weighted by atomic mass is 10.2. The van der Waals surface area contributed by atoms with Crippen LogP contribution in [0.2, 0.25) is 5.02 Å². The van der Waals surface area contributed by atoms with Gasteiger partial charge in [0.15, 0.2) is 5.69 Å². The maximum Gasteiger partial charge on any atom is 0.358 e. The summed E-state index contributed by atoms with van der Waals surface area (Å²) in [6, 6.07) is 0. The van der Waals surface area contributed by atoms with E-state index in [4.69, 9.17) is 16.3 Å². The van der Waals surface area contributed by atoms with E-state index in [0.717, 1.165) is 6.08 Å². The minimum atomic E-state index is -1.69. The summed E-state index contributed by atoms with van der Waals surface area (Å²) in [5.74, 6) is -0.555. The van der Waals surface area contributed by atoms with Crippen molar-refractivity contribution in [3.63, 3.8) is 0 Å². The molecule has 0 saturated heterocycles. The van der Waals surface area contributed by atoms with E-state index in [1.54, 1.807) is 14.0 Å². The summed E-state index contributed by atoms with van der Waals surface area (Å²) in [4.78, 5) is 11.7. The van der Waals surface area contributed by atoms with Crippen molar-refractivity contribution in [2.75, 3.05) is 6.61 Å². The number of hydrogen-bond acceptors (Lipinski definition) is 3. The van der Waals surface area contributed by atoms with Crippen LogP contribution < -0.4 is 0 Å². The molecule has 106 valence electrons. The predicted molar refractivity (Wildman–Crippen MR) is 67.4 cm³/mol. The van der Waals surface area contributed by atoms with Crippen LogP contribution in [0.1, 0.15) is 35.4 Å². The molecule has 7 heteroatoms. The molecule has 1 heterocycles. The number of hydrogen-bond donors (Lipinski definition) is 0. The van der Waals surface area contributed by atoms with Crippen LogP contribution in [0, 0.1) is 6.92 Å². The second-order valence-corrected chi connectivity index (χ2v) is 4.38. The molecular formula is C12H15ClF2N2O2. The molecule has 0 bridgehead atoms. The Morgan fingerprint density at radius 1 is 1.47 bits per heavy atom. The number of aryl methyl sites for hydroxylation is 2. The second kappa shape index (κ2) is 7.23. The van der Waals surface area contributed by atoms with Crippen molar-refractivity contribution in [2.45, 2.75) is 26.2 Å². The van der Waals surface area contributed by atoms with Crippen LogP contribution in [-0.4, -0.2) is 22.4 Å². The summed E-state index contributed by atoms with van der Waals surface area (Å²) in [6.45, 7) is 1.86. The van der Waals surface area contributed by atoms with E-state index in [-0.39, 0.29) is 23.7 Å². The molecule has 0 aliphatic rings. The van der Waals surface area contributed by atoms with Gasteiger partial charge in [0.1, 0.15) is 0 Å². The van der Waals surface area contributed by atoms with Crippen molar-refractivity contribution in [1.29, 1.82) is 0 Å². The normalized spacial score (nSPS) is 10.4. The smallest absolute Gasteiger partial charge is 0.358 e. The number of unbranched alkanes of at least 4 members (excludes halogenated alkanes) is 2. The fourth-order valence-corrected chi connectivity index (χ4v) is 1.78. The average Bonchev–Trinajstić information content (AvgIpc) is 2.57. The molecule has 0 aromatic carbocycles. The van der Waals surface area contributed by atoms with Crippen LogP contribution in [0.4, 0.5) is 8.78 Å². The first-order valence-electron chi connectivity index (χ1n) is 5.81. The van der Waals surface area contributed by atoms with Gasteiger partial charge in [0.2, 0.25) is 0 Å². The van der Waals surface area contributed by atoms with Crippen molar-refractivity contribution >= 4 is 17.6 Å². The van der Waals surface area contributed by atoms with Gasteiger partial charge in [-0.25, -0.2) is 4.79 Å². The first kappa shape index (κ1) is 15.6. The Bertz CT molecular complexity index is 482. The zero-order valence-electron chi connectivity index (χ0n) is 10.8.